The molecule has 0 aliphatic carbocycles. The maximum absolute atomic E-state index is 5.98. The molecule has 2 aromatic rings. The smallest absolute Gasteiger partial charge is 0.0592 e. The number of nitrogens with one attached hydrogen (secondary N) is 1. The van der Waals surface area contributed by atoms with E-state index >= 15 is 0 Å². The van der Waals surface area contributed by atoms with Gasteiger partial charge in [-0.3, -0.25) is 4.98 Å². The second-order valence-electron chi connectivity index (χ2n) is 5.13. The summed E-state index contributed by atoms with van der Waals surface area (Å²) in [4.78, 5) is 4.14. The molecule has 1 aliphatic rings. The van der Waals surface area contributed by atoms with E-state index < -0.39 is 0 Å². The van der Waals surface area contributed by atoms with Gasteiger partial charge in [0, 0.05) is 53.6 Å². The summed E-state index contributed by atoms with van der Waals surface area (Å²) >= 11 is 0. The van der Waals surface area contributed by atoms with Gasteiger partial charge in [-0.15, -0.1) is 0 Å². The van der Waals surface area contributed by atoms with Crippen LogP contribution in [0.5, 0.6) is 0 Å². The third-order valence-corrected chi connectivity index (χ3v) is 3.94. The van der Waals surface area contributed by atoms with Crippen LogP contribution in [0.1, 0.15) is 13.3 Å². The second-order valence-corrected chi connectivity index (χ2v) is 5.13. The molecule has 2 atom stereocenters. The number of nitrogens with two attached hydrogens (primary N) is 1. The van der Waals surface area contributed by atoms with Gasteiger partial charge >= 0.3 is 0 Å². The molecule has 0 saturated carbocycles. The number of nitrogens with zero attached hydrogens (tertiary/aromatic N) is 1. The number of hydrogen-bond donors (Lipinski definition) is 2. The zero-order chi connectivity index (χ0) is 13.2. The predicted molar refractivity (Wildman–Crippen MR) is 78.2 cm³/mol. The van der Waals surface area contributed by atoms with Gasteiger partial charge in [0.05, 0.1) is 6.10 Å². The predicted octanol–water partition coefficient (Wildman–Crippen LogP) is 2.65. The minimum absolute atomic E-state index is 0.342. The molecule has 1 aromatic heterocycles. The molecule has 3 rings (SSSR count). The summed E-state index contributed by atoms with van der Waals surface area (Å²) in [5.74, 6) is 0.578. The molecule has 1 fully saturated rings. The van der Waals surface area contributed by atoms with Crippen molar-refractivity contribution < 1.29 is 4.74 Å². The maximum Gasteiger partial charge on any atom is 0.0592 e. The van der Waals surface area contributed by atoms with Crippen molar-refractivity contribution in [2.24, 2.45) is 5.92 Å². The van der Waals surface area contributed by atoms with E-state index in [1.807, 2.05) is 24.4 Å². The van der Waals surface area contributed by atoms with Crippen LogP contribution in [0.25, 0.3) is 10.8 Å². The standard InChI is InChI=1S/C15H19N3O/c1-10-11(5-7-19-10)8-18-15-3-2-14(16)13-9-17-6-4-12(13)15/h2-4,6,9-11,18H,5,7-8,16H2,1H3. The number of hydrogen-bond acceptors (Lipinski definition) is 4. The Morgan fingerprint density at radius 2 is 2.26 bits per heavy atom. The van der Waals surface area contributed by atoms with Crippen LogP contribution in [0.4, 0.5) is 11.4 Å². The van der Waals surface area contributed by atoms with Crippen LogP contribution < -0.4 is 11.1 Å². The molecule has 2 heterocycles. The van der Waals surface area contributed by atoms with Crippen molar-refractivity contribution in [1.29, 1.82) is 0 Å². The van der Waals surface area contributed by atoms with E-state index in [0.29, 0.717) is 12.0 Å². The molecule has 2 unspecified atom stereocenters. The van der Waals surface area contributed by atoms with E-state index in [4.69, 9.17) is 10.5 Å². The highest BCUT2D eigenvalue weighted by molar-refractivity contribution is 6.00. The Morgan fingerprint density at radius 3 is 3.05 bits per heavy atom. The number of anilines is 2. The number of nitrogen functional groups attached to an aromatic ring is 1. The zero-order valence-electron chi connectivity index (χ0n) is 11.1. The number of fused-ring (bicyclic) bond motifs is 1. The lowest BCUT2D eigenvalue weighted by atomic mass is 10.0. The number of ether oxygens (including phenoxy) is 1. The van der Waals surface area contributed by atoms with Crippen molar-refractivity contribution in [1.82, 2.24) is 4.98 Å². The lowest BCUT2D eigenvalue weighted by Gasteiger charge is -2.17. The zero-order valence-corrected chi connectivity index (χ0v) is 11.1. The number of aromatic nitrogens is 1. The second kappa shape index (κ2) is 5.05. The van der Waals surface area contributed by atoms with Gasteiger partial charge in [0.1, 0.15) is 0 Å². The van der Waals surface area contributed by atoms with Crippen LogP contribution in [0.2, 0.25) is 0 Å². The first-order valence-corrected chi connectivity index (χ1v) is 6.73. The van der Waals surface area contributed by atoms with E-state index in [9.17, 15) is 0 Å². The Morgan fingerprint density at radius 1 is 1.37 bits per heavy atom. The van der Waals surface area contributed by atoms with Crippen LogP contribution in [0, 0.1) is 5.92 Å². The van der Waals surface area contributed by atoms with Gasteiger partial charge in [-0.05, 0) is 31.5 Å². The molecule has 0 spiro atoms. The van der Waals surface area contributed by atoms with E-state index in [2.05, 4.69) is 17.2 Å². The van der Waals surface area contributed by atoms with Crippen LogP contribution >= 0.6 is 0 Å². The molecule has 3 N–H and O–H groups in total. The summed E-state index contributed by atoms with van der Waals surface area (Å²) in [7, 11) is 0. The van der Waals surface area contributed by atoms with Crippen LogP contribution in [-0.2, 0) is 4.74 Å². The third-order valence-electron chi connectivity index (χ3n) is 3.94. The monoisotopic (exact) mass is 257 g/mol. The molecule has 100 valence electrons. The molecule has 4 heteroatoms. The Bertz CT molecular complexity index is 585. The van der Waals surface area contributed by atoms with Crippen molar-refractivity contribution in [3.8, 4) is 0 Å². The molecule has 1 aromatic carbocycles. The van der Waals surface area contributed by atoms with Gasteiger partial charge in [0.2, 0.25) is 0 Å². The minimum atomic E-state index is 0.342. The molecule has 0 radical (unpaired) electrons. The summed E-state index contributed by atoms with van der Waals surface area (Å²) in [6, 6.07) is 5.97. The maximum atomic E-state index is 5.98. The Labute approximate surface area is 113 Å². The lowest BCUT2D eigenvalue weighted by Crippen LogP contribution is -2.20. The van der Waals surface area contributed by atoms with Crippen molar-refractivity contribution in [2.45, 2.75) is 19.4 Å². The Balaban J connectivity index is 1.83. The molecule has 1 aliphatic heterocycles. The third kappa shape index (κ3) is 2.36. The summed E-state index contributed by atoms with van der Waals surface area (Å²) < 4.78 is 5.59. The van der Waals surface area contributed by atoms with E-state index in [1.54, 1.807) is 6.20 Å². The van der Waals surface area contributed by atoms with E-state index in [-0.39, 0.29) is 0 Å². The van der Waals surface area contributed by atoms with Crippen molar-refractivity contribution in [2.75, 3.05) is 24.2 Å². The summed E-state index contributed by atoms with van der Waals surface area (Å²) in [5, 5.41) is 5.65. The molecular weight excluding hydrogens is 238 g/mol. The van der Waals surface area contributed by atoms with Gasteiger partial charge < -0.3 is 15.8 Å². The van der Waals surface area contributed by atoms with Crippen LogP contribution in [0.15, 0.2) is 30.6 Å². The van der Waals surface area contributed by atoms with Crippen molar-refractivity contribution >= 4 is 22.1 Å². The SMILES string of the molecule is CC1OCCC1CNc1ccc(N)c2cnccc12. The Hall–Kier alpha value is -1.81. The average Bonchev–Trinajstić information content (AvgIpc) is 2.84. The average molecular weight is 257 g/mol. The first kappa shape index (κ1) is 12.2. The molecule has 0 amide bonds. The molecular formula is C15H19N3O. The normalized spacial score (nSPS) is 22.8. The number of pyridine rings is 1. The Kier molecular flexibility index (Phi) is 3.25. The number of benzene rings is 1. The van der Waals surface area contributed by atoms with E-state index in [0.717, 1.165) is 41.7 Å². The first-order valence-electron chi connectivity index (χ1n) is 6.73. The fourth-order valence-electron chi connectivity index (χ4n) is 2.65. The summed E-state index contributed by atoms with van der Waals surface area (Å²) in [6.45, 7) is 3.95. The lowest BCUT2D eigenvalue weighted by molar-refractivity contribution is 0.108. The molecule has 1 saturated heterocycles. The van der Waals surface area contributed by atoms with E-state index in [1.165, 1.54) is 0 Å². The highest BCUT2D eigenvalue weighted by Gasteiger charge is 2.23. The van der Waals surface area contributed by atoms with Gasteiger partial charge in [-0.1, -0.05) is 0 Å². The van der Waals surface area contributed by atoms with Gasteiger partial charge in [-0.25, -0.2) is 0 Å². The van der Waals surface area contributed by atoms with Gasteiger partial charge in [-0.2, -0.15) is 0 Å². The molecule has 19 heavy (non-hydrogen) atoms. The topological polar surface area (TPSA) is 60.2 Å². The highest BCUT2D eigenvalue weighted by atomic mass is 16.5. The fraction of sp³-hybridized carbons (Fsp3) is 0.400. The fourth-order valence-corrected chi connectivity index (χ4v) is 2.65. The summed E-state index contributed by atoms with van der Waals surface area (Å²) in [6.07, 6.45) is 5.09. The molecule has 4 nitrogen and oxygen atoms in total. The van der Waals surface area contributed by atoms with Crippen LogP contribution in [0.3, 0.4) is 0 Å². The largest absolute Gasteiger partial charge is 0.398 e. The minimum Gasteiger partial charge on any atom is -0.398 e. The highest BCUT2D eigenvalue weighted by Crippen LogP contribution is 2.28. The van der Waals surface area contributed by atoms with Crippen molar-refractivity contribution in [3.05, 3.63) is 30.6 Å². The summed E-state index contributed by atoms with van der Waals surface area (Å²) in [5.41, 5.74) is 7.86. The quantitative estimate of drug-likeness (QED) is 0.830. The number of rotatable bonds is 3. The van der Waals surface area contributed by atoms with Crippen molar-refractivity contribution in [3.63, 3.8) is 0 Å². The van der Waals surface area contributed by atoms with Gasteiger partial charge in [0.15, 0.2) is 0 Å². The van der Waals surface area contributed by atoms with Crippen LogP contribution in [-0.4, -0.2) is 24.2 Å². The first-order chi connectivity index (χ1) is 9.25. The molecule has 0 bridgehead atoms. The van der Waals surface area contributed by atoms with Gasteiger partial charge in [0.25, 0.3) is 0 Å².